The van der Waals surface area contributed by atoms with E-state index in [1.807, 2.05) is 30.8 Å². The normalized spacial score (nSPS) is 28.1. The summed E-state index contributed by atoms with van der Waals surface area (Å²) in [5.41, 5.74) is 7.32. The van der Waals surface area contributed by atoms with Gasteiger partial charge in [0.2, 0.25) is 0 Å². The summed E-state index contributed by atoms with van der Waals surface area (Å²) in [4.78, 5) is 2.47. The molecule has 2 rings (SSSR count). The Kier molecular flexibility index (Phi) is 4.87. The van der Waals surface area contributed by atoms with E-state index in [9.17, 15) is 4.39 Å². The topological polar surface area (TPSA) is 29.3 Å². The Balaban J connectivity index is 2.27. The van der Waals surface area contributed by atoms with Crippen molar-refractivity contribution in [3.8, 4) is 0 Å². The second-order valence-corrected chi connectivity index (χ2v) is 6.89. The van der Waals surface area contributed by atoms with Crippen LogP contribution in [-0.4, -0.2) is 34.5 Å². The molecule has 4 unspecified atom stereocenters. The molecule has 19 heavy (non-hydrogen) atoms. The van der Waals surface area contributed by atoms with Gasteiger partial charge in [0, 0.05) is 35.7 Å². The summed E-state index contributed by atoms with van der Waals surface area (Å²) in [5, 5.41) is 0.607. The molecule has 106 valence electrons. The van der Waals surface area contributed by atoms with Crippen molar-refractivity contribution in [1.29, 1.82) is 0 Å². The summed E-state index contributed by atoms with van der Waals surface area (Å²) in [7, 11) is 0. The molecule has 1 saturated heterocycles. The maximum absolute atomic E-state index is 13.1. The van der Waals surface area contributed by atoms with Crippen LogP contribution >= 0.6 is 11.8 Å². The van der Waals surface area contributed by atoms with E-state index in [-0.39, 0.29) is 17.9 Å². The average Bonchev–Trinajstić information content (AvgIpc) is 2.37. The van der Waals surface area contributed by atoms with Crippen LogP contribution in [0.3, 0.4) is 0 Å². The Hall–Kier alpha value is -0.580. The van der Waals surface area contributed by atoms with Gasteiger partial charge in [0.1, 0.15) is 5.82 Å². The van der Waals surface area contributed by atoms with Crippen molar-refractivity contribution >= 4 is 11.8 Å². The van der Waals surface area contributed by atoms with Gasteiger partial charge in [-0.1, -0.05) is 19.1 Å². The van der Waals surface area contributed by atoms with E-state index in [2.05, 4.69) is 18.7 Å². The molecule has 0 aliphatic carbocycles. The van der Waals surface area contributed by atoms with Crippen LogP contribution in [0.2, 0.25) is 0 Å². The van der Waals surface area contributed by atoms with Crippen molar-refractivity contribution in [2.75, 3.05) is 12.3 Å². The van der Waals surface area contributed by atoms with Gasteiger partial charge in [-0.05, 0) is 31.5 Å². The Morgan fingerprint density at radius 1 is 1.32 bits per heavy atom. The number of hydrogen-bond donors (Lipinski definition) is 1. The minimum atomic E-state index is -0.192. The molecule has 0 radical (unpaired) electrons. The van der Waals surface area contributed by atoms with Crippen molar-refractivity contribution in [1.82, 2.24) is 4.90 Å². The zero-order valence-electron chi connectivity index (χ0n) is 11.8. The molecule has 0 bridgehead atoms. The predicted octanol–water partition coefficient (Wildman–Crippen LogP) is 3.04. The van der Waals surface area contributed by atoms with E-state index in [4.69, 9.17) is 5.73 Å². The molecule has 0 amide bonds. The van der Waals surface area contributed by atoms with E-state index in [1.54, 1.807) is 0 Å². The molecule has 0 spiro atoms. The van der Waals surface area contributed by atoms with E-state index in [0.717, 1.165) is 17.9 Å². The van der Waals surface area contributed by atoms with Gasteiger partial charge >= 0.3 is 0 Å². The second-order valence-electron chi connectivity index (χ2n) is 5.41. The Labute approximate surface area is 119 Å². The number of thioether (sulfide) groups is 1. The molecule has 1 aromatic carbocycles. The fraction of sp³-hybridized carbons (Fsp3) is 0.600. The lowest BCUT2D eigenvalue weighted by molar-refractivity contribution is 0.130. The zero-order chi connectivity index (χ0) is 14.0. The van der Waals surface area contributed by atoms with Gasteiger partial charge in [0.25, 0.3) is 0 Å². The van der Waals surface area contributed by atoms with Gasteiger partial charge in [-0.3, -0.25) is 4.90 Å². The summed E-state index contributed by atoms with van der Waals surface area (Å²) in [5.74, 6) is 0.943. The molecule has 1 fully saturated rings. The van der Waals surface area contributed by atoms with Crippen LogP contribution in [0.5, 0.6) is 0 Å². The number of nitrogens with zero attached hydrogens (tertiary/aromatic N) is 1. The van der Waals surface area contributed by atoms with Gasteiger partial charge in [-0.2, -0.15) is 11.8 Å². The van der Waals surface area contributed by atoms with Gasteiger partial charge in [0.05, 0.1) is 0 Å². The molecular weight excluding hydrogens is 259 g/mol. The lowest BCUT2D eigenvalue weighted by atomic mass is 9.97. The van der Waals surface area contributed by atoms with Crippen molar-refractivity contribution in [2.24, 2.45) is 5.73 Å². The summed E-state index contributed by atoms with van der Waals surface area (Å²) in [6.45, 7) is 7.60. The number of hydrogen-bond acceptors (Lipinski definition) is 3. The monoisotopic (exact) mass is 282 g/mol. The van der Waals surface area contributed by atoms with E-state index in [0.29, 0.717) is 11.3 Å². The minimum Gasteiger partial charge on any atom is -0.326 e. The lowest BCUT2D eigenvalue weighted by Crippen LogP contribution is -2.50. The molecule has 1 aromatic rings. The largest absolute Gasteiger partial charge is 0.326 e. The average molecular weight is 282 g/mol. The predicted molar refractivity (Wildman–Crippen MR) is 80.9 cm³/mol. The SMILES string of the molecule is CC(N)C(c1ccc(F)cc1)N1CCSC(C)C1C. The van der Waals surface area contributed by atoms with E-state index < -0.39 is 0 Å². The molecule has 1 aliphatic rings. The van der Waals surface area contributed by atoms with Gasteiger partial charge < -0.3 is 5.73 Å². The van der Waals surface area contributed by atoms with Crippen LogP contribution < -0.4 is 5.73 Å². The second kappa shape index (κ2) is 6.25. The Morgan fingerprint density at radius 2 is 1.95 bits per heavy atom. The lowest BCUT2D eigenvalue weighted by Gasteiger charge is -2.44. The minimum absolute atomic E-state index is 0.0308. The molecule has 2 nitrogen and oxygen atoms in total. The molecule has 1 aliphatic heterocycles. The Bertz CT molecular complexity index is 407. The zero-order valence-corrected chi connectivity index (χ0v) is 12.7. The number of benzene rings is 1. The van der Waals surface area contributed by atoms with Crippen LogP contribution in [0.15, 0.2) is 24.3 Å². The summed E-state index contributed by atoms with van der Waals surface area (Å²) >= 11 is 2.01. The Morgan fingerprint density at radius 3 is 2.53 bits per heavy atom. The van der Waals surface area contributed by atoms with Crippen molar-refractivity contribution in [3.05, 3.63) is 35.6 Å². The highest BCUT2D eigenvalue weighted by atomic mass is 32.2. The third kappa shape index (κ3) is 3.30. The van der Waals surface area contributed by atoms with Crippen LogP contribution in [0.1, 0.15) is 32.4 Å². The summed E-state index contributed by atoms with van der Waals surface area (Å²) in [6.07, 6.45) is 0. The van der Waals surface area contributed by atoms with Crippen LogP contribution in [0.4, 0.5) is 4.39 Å². The smallest absolute Gasteiger partial charge is 0.123 e. The quantitative estimate of drug-likeness (QED) is 0.924. The van der Waals surface area contributed by atoms with Crippen molar-refractivity contribution in [2.45, 2.75) is 44.1 Å². The maximum atomic E-state index is 13.1. The molecule has 0 saturated carbocycles. The first-order valence-electron chi connectivity index (χ1n) is 6.89. The van der Waals surface area contributed by atoms with Crippen LogP contribution in [0, 0.1) is 5.82 Å². The fourth-order valence-corrected chi connectivity index (χ4v) is 3.93. The van der Waals surface area contributed by atoms with Gasteiger partial charge in [-0.25, -0.2) is 4.39 Å². The maximum Gasteiger partial charge on any atom is 0.123 e. The van der Waals surface area contributed by atoms with E-state index in [1.165, 1.54) is 12.1 Å². The molecule has 4 atom stereocenters. The number of rotatable bonds is 3. The number of nitrogens with two attached hydrogens (primary N) is 1. The van der Waals surface area contributed by atoms with Crippen molar-refractivity contribution < 1.29 is 4.39 Å². The van der Waals surface area contributed by atoms with E-state index >= 15 is 0 Å². The first kappa shape index (κ1) is 14.8. The number of halogens is 1. The van der Waals surface area contributed by atoms with Crippen molar-refractivity contribution in [3.63, 3.8) is 0 Å². The molecule has 4 heteroatoms. The highest BCUT2D eigenvalue weighted by molar-refractivity contribution is 8.00. The molecule has 1 heterocycles. The molecule has 0 aromatic heterocycles. The highest BCUT2D eigenvalue weighted by Gasteiger charge is 2.33. The molecule has 2 N–H and O–H groups in total. The molecular formula is C15H23FN2S. The van der Waals surface area contributed by atoms with Crippen LogP contribution in [-0.2, 0) is 0 Å². The third-order valence-electron chi connectivity index (χ3n) is 4.00. The summed E-state index contributed by atoms with van der Waals surface area (Å²) < 4.78 is 13.1. The van der Waals surface area contributed by atoms with Crippen LogP contribution in [0.25, 0.3) is 0 Å². The third-order valence-corrected chi connectivity index (χ3v) is 5.34. The summed E-state index contributed by atoms with van der Waals surface area (Å²) in [6, 6.07) is 7.46. The fourth-order valence-electron chi connectivity index (χ4n) is 2.81. The first-order chi connectivity index (χ1) is 9.00. The first-order valence-corrected chi connectivity index (χ1v) is 7.94. The van der Waals surface area contributed by atoms with Gasteiger partial charge in [0.15, 0.2) is 0 Å². The van der Waals surface area contributed by atoms with Gasteiger partial charge in [-0.15, -0.1) is 0 Å². The highest BCUT2D eigenvalue weighted by Crippen LogP contribution is 2.33. The standard InChI is InChI=1S/C15H23FN2S/c1-10(17)15(13-4-6-14(16)7-5-13)18-8-9-19-12(3)11(18)2/h4-7,10-12,15H,8-9,17H2,1-3H3.